The van der Waals surface area contributed by atoms with Crippen LogP contribution in [0.5, 0.6) is 0 Å². The first-order chi connectivity index (χ1) is 24.8. The molecule has 1 heterocycles. The van der Waals surface area contributed by atoms with Crippen molar-refractivity contribution in [1.82, 2.24) is 10.2 Å². The van der Waals surface area contributed by atoms with Gasteiger partial charge in [0.15, 0.2) is 9.84 Å². The number of fused-ring (bicyclic) bond motifs is 7. The number of nitrogens with one attached hydrogen (secondary N) is 1. The second-order valence-corrected chi connectivity index (χ2v) is 22.1. The van der Waals surface area contributed by atoms with Crippen LogP contribution in [-0.2, 0) is 14.6 Å². The van der Waals surface area contributed by atoms with Gasteiger partial charge >= 0.3 is 5.97 Å². The summed E-state index contributed by atoms with van der Waals surface area (Å²) in [5.74, 6) is 1.85. The average molecular weight is 753 g/mol. The number of carbonyl (C=O) groups excluding carboxylic acids is 1. The molecular weight excluding hydrogens is 688 g/mol. The first-order valence-corrected chi connectivity index (χ1v) is 22.6. The zero-order valence-corrected chi connectivity index (χ0v) is 34.2. The number of halogens is 1. The molecule has 2 N–H and O–H groups in total. The molecule has 294 valence electrons. The van der Waals surface area contributed by atoms with Crippen molar-refractivity contribution in [2.45, 2.75) is 112 Å². The summed E-state index contributed by atoms with van der Waals surface area (Å²) in [6.07, 6.45) is 9.59. The second-order valence-electron chi connectivity index (χ2n) is 19.8. The zero-order chi connectivity index (χ0) is 38.4. The summed E-state index contributed by atoms with van der Waals surface area (Å²) < 4.78 is 41.0. The Labute approximate surface area is 318 Å². The molecule has 0 radical (unpaired) electrons. The van der Waals surface area contributed by atoms with Crippen molar-refractivity contribution in [3.05, 3.63) is 41.5 Å². The van der Waals surface area contributed by atoms with E-state index in [0.29, 0.717) is 43.3 Å². The van der Waals surface area contributed by atoms with Gasteiger partial charge in [-0.25, -0.2) is 17.6 Å². The van der Waals surface area contributed by atoms with Gasteiger partial charge in [-0.1, -0.05) is 60.6 Å². The van der Waals surface area contributed by atoms with E-state index in [4.69, 9.17) is 0 Å². The number of benzene rings is 1. The lowest BCUT2D eigenvalue weighted by atomic mass is 9.32. The van der Waals surface area contributed by atoms with Gasteiger partial charge in [0, 0.05) is 25.0 Å². The number of alkyl halides is 1. The van der Waals surface area contributed by atoms with E-state index in [0.717, 1.165) is 75.5 Å². The van der Waals surface area contributed by atoms with Gasteiger partial charge in [0.25, 0.3) is 0 Å². The van der Waals surface area contributed by atoms with Crippen LogP contribution in [0.1, 0.15) is 122 Å². The first-order valence-electron chi connectivity index (χ1n) is 20.7. The maximum atomic E-state index is 17.3. The summed E-state index contributed by atoms with van der Waals surface area (Å²) in [5, 5.41) is 12.9. The topological polar surface area (TPSA) is 104 Å². The Morgan fingerprint density at radius 1 is 0.906 bits per heavy atom. The Hall–Kier alpha value is -2.26. The highest BCUT2D eigenvalue weighted by Crippen LogP contribution is 2.78. The van der Waals surface area contributed by atoms with Gasteiger partial charge in [0.05, 0.1) is 22.5 Å². The van der Waals surface area contributed by atoms with E-state index in [1.807, 2.05) is 18.2 Å². The molecule has 6 aliphatic rings. The van der Waals surface area contributed by atoms with Crippen LogP contribution in [0.25, 0.3) is 5.57 Å². The minimum Gasteiger partial charge on any atom is -0.478 e. The fourth-order valence-corrected chi connectivity index (χ4v) is 15.5. The predicted molar refractivity (Wildman–Crippen MR) is 209 cm³/mol. The van der Waals surface area contributed by atoms with Crippen LogP contribution in [0, 0.1) is 62.6 Å². The Balaban J connectivity index is 1.13. The molecule has 1 aromatic rings. The number of rotatable bonds is 8. The van der Waals surface area contributed by atoms with E-state index in [1.54, 1.807) is 12.1 Å². The number of allylic oxidation sites excluding steroid dienone is 2. The highest BCUT2D eigenvalue weighted by molar-refractivity contribution is 7.91. The number of nitrogens with zero attached hydrogens (tertiary/aromatic N) is 1. The van der Waals surface area contributed by atoms with Gasteiger partial charge in [-0.3, -0.25) is 4.79 Å². The fraction of sp³-hybridized carbons (Fsp3) is 0.773. The van der Waals surface area contributed by atoms with E-state index in [1.165, 1.54) is 0 Å². The predicted octanol–water partition coefficient (Wildman–Crippen LogP) is 8.30. The molecule has 10 atom stereocenters. The molecule has 1 saturated heterocycles. The molecule has 4 saturated carbocycles. The van der Waals surface area contributed by atoms with Gasteiger partial charge in [-0.2, -0.15) is 0 Å². The lowest BCUT2D eigenvalue weighted by Gasteiger charge is -2.72. The van der Waals surface area contributed by atoms with Crippen molar-refractivity contribution in [2.75, 3.05) is 37.7 Å². The molecule has 1 aromatic carbocycles. The van der Waals surface area contributed by atoms with Gasteiger partial charge in [-0.15, -0.1) is 0 Å². The molecule has 53 heavy (non-hydrogen) atoms. The number of carbonyl (C=O) groups is 2. The van der Waals surface area contributed by atoms with Crippen molar-refractivity contribution in [3.63, 3.8) is 0 Å². The van der Waals surface area contributed by atoms with Crippen LogP contribution >= 0.6 is 0 Å². The van der Waals surface area contributed by atoms with Gasteiger partial charge < -0.3 is 15.3 Å². The molecule has 0 spiro atoms. The highest BCUT2D eigenvalue weighted by Gasteiger charge is 2.72. The van der Waals surface area contributed by atoms with Crippen molar-refractivity contribution in [1.29, 1.82) is 0 Å². The lowest BCUT2D eigenvalue weighted by Crippen LogP contribution is -2.68. The van der Waals surface area contributed by atoms with E-state index in [9.17, 15) is 23.1 Å². The summed E-state index contributed by atoms with van der Waals surface area (Å²) in [5.41, 5.74) is 0.956. The second kappa shape index (κ2) is 13.4. The van der Waals surface area contributed by atoms with Crippen molar-refractivity contribution >= 4 is 27.3 Å². The number of amides is 1. The maximum Gasteiger partial charge on any atom is 0.335 e. The average Bonchev–Trinajstić information content (AvgIpc) is 3.51. The van der Waals surface area contributed by atoms with Crippen molar-refractivity contribution < 1.29 is 27.5 Å². The number of hydrogen-bond donors (Lipinski definition) is 2. The molecule has 1 amide bonds. The summed E-state index contributed by atoms with van der Waals surface area (Å²) in [4.78, 5) is 28.3. The Bertz CT molecular complexity index is 1730. The van der Waals surface area contributed by atoms with E-state index < -0.39 is 27.4 Å². The minimum atomic E-state index is -2.91. The SMILES string of the molecule is CC(C)[C@@H]1CC[C@]2(C(=O)NCCCN3CCS(=O)(=O)CC3)CC[C@]3(C)[C@H](CCC4[C@]5(C)C(CC[C@]43C)C(C)(C)C(c3ccc(C(=O)O)cc3)=C[C@H]5F)C12. The quantitative estimate of drug-likeness (QED) is 0.259. The van der Waals surface area contributed by atoms with Crippen LogP contribution in [0.2, 0.25) is 0 Å². The summed E-state index contributed by atoms with van der Waals surface area (Å²) in [6, 6.07) is 6.98. The van der Waals surface area contributed by atoms with Gasteiger partial charge in [-0.05, 0) is 145 Å². The van der Waals surface area contributed by atoms with Crippen LogP contribution < -0.4 is 5.32 Å². The van der Waals surface area contributed by atoms with Gasteiger partial charge in [0.1, 0.15) is 6.17 Å². The summed E-state index contributed by atoms with van der Waals surface area (Å²) in [7, 11) is -2.91. The third-order valence-corrected chi connectivity index (χ3v) is 18.9. The number of aromatic carboxylic acids is 1. The van der Waals surface area contributed by atoms with E-state index in [-0.39, 0.29) is 56.5 Å². The molecular formula is C44H65FN2O5S. The van der Waals surface area contributed by atoms with Crippen LogP contribution in [-0.4, -0.2) is 74.2 Å². The molecule has 5 fully saturated rings. The van der Waals surface area contributed by atoms with E-state index >= 15 is 4.39 Å². The Kier molecular flexibility index (Phi) is 9.89. The smallest absolute Gasteiger partial charge is 0.335 e. The third-order valence-electron chi connectivity index (χ3n) is 17.3. The van der Waals surface area contributed by atoms with Crippen LogP contribution in [0.3, 0.4) is 0 Å². The normalized spacial score (nSPS) is 41.7. The Morgan fingerprint density at radius 2 is 1.58 bits per heavy atom. The minimum absolute atomic E-state index is 0.00490. The molecule has 7 rings (SSSR count). The lowest BCUT2D eigenvalue weighted by molar-refractivity contribution is -0.236. The molecule has 5 aliphatic carbocycles. The first kappa shape index (κ1) is 39.0. The zero-order valence-electron chi connectivity index (χ0n) is 33.3. The molecule has 3 unspecified atom stereocenters. The highest BCUT2D eigenvalue weighted by atomic mass is 32.2. The fourth-order valence-electron chi connectivity index (χ4n) is 14.2. The number of carboxylic acid groups (broad SMARTS) is 1. The monoisotopic (exact) mass is 752 g/mol. The maximum absolute atomic E-state index is 17.3. The van der Waals surface area contributed by atoms with Gasteiger partial charge in [0.2, 0.25) is 5.91 Å². The van der Waals surface area contributed by atoms with Crippen LogP contribution in [0.4, 0.5) is 4.39 Å². The van der Waals surface area contributed by atoms with Crippen LogP contribution in [0.15, 0.2) is 30.3 Å². The molecule has 1 aliphatic heterocycles. The third kappa shape index (κ3) is 5.98. The number of carboxylic acids is 1. The summed E-state index contributed by atoms with van der Waals surface area (Å²) in [6.45, 7) is 19.2. The molecule has 7 nitrogen and oxygen atoms in total. The largest absolute Gasteiger partial charge is 0.478 e. The summed E-state index contributed by atoms with van der Waals surface area (Å²) >= 11 is 0. The number of sulfone groups is 1. The molecule has 9 heteroatoms. The number of hydrogen-bond acceptors (Lipinski definition) is 5. The molecule has 0 aromatic heterocycles. The van der Waals surface area contributed by atoms with E-state index in [2.05, 4.69) is 58.7 Å². The van der Waals surface area contributed by atoms with Crippen molar-refractivity contribution in [3.8, 4) is 0 Å². The Morgan fingerprint density at radius 3 is 2.23 bits per heavy atom. The standard InChI is InChI=1S/C44H65FN2O5S/c1-28(2)31-15-18-44(39(50)46-21-8-22-47-23-25-53(51,52)26-24-47)20-19-41(5)32(37(31)44)13-14-35-42(41,6)17-16-34-40(3,4)33(27-36(45)43(34,35)7)29-9-11-30(12-10-29)38(48)49/h9-12,27-28,31-32,34-37H,8,13-26H2,1-7H3,(H,46,50)(H,48,49)/t31-,32+,34?,35?,36+,37?,41+,42+,43-,44-/m0/s1. The van der Waals surface area contributed by atoms with Crippen molar-refractivity contribution in [2.24, 2.45) is 62.6 Å². The molecule has 0 bridgehead atoms.